The fourth-order valence-electron chi connectivity index (χ4n) is 5.30. The standard InChI is InChI=1S/C27H31N5S/c1-2-8-19(9-3-1)14-15-21-18-32(17-16-28-21)25-24-27(30-23-13-7-6-12-22(23)29-25)33-26(31-24)20-10-4-5-11-20/h1-3,6-9,12-13,20-21,28,30H,4-5,10-11,14-18H2. The number of para-hydroxylation sites is 2. The van der Waals surface area contributed by atoms with E-state index in [4.69, 9.17) is 9.98 Å². The van der Waals surface area contributed by atoms with Crippen LogP contribution in [0.3, 0.4) is 0 Å². The van der Waals surface area contributed by atoms with Crippen LogP contribution in [0.5, 0.6) is 0 Å². The molecule has 3 aromatic rings. The Morgan fingerprint density at radius 1 is 1.00 bits per heavy atom. The van der Waals surface area contributed by atoms with Gasteiger partial charge in [0, 0.05) is 31.6 Å². The number of fused-ring (bicyclic) bond motifs is 2. The van der Waals surface area contributed by atoms with E-state index in [-0.39, 0.29) is 0 Å². The number of rotatable bonds is 4. The van der Waals surface area contributed by atoms with E-state index in [1.807, 2.05) is 11.3 Å². The summed E-state index contributed by atoms with van der Waals surface area (Å²) in [5.41, 5.74) is 4.52. The third-order valence-corrected chi connectivity index (χ3v) is 8.25. The summed E-state index contributed by atoms with van der Waals surface area (Å²) < 4.78 is 0. The zero-order valence-corrected chi connectivity index (χ0v) is 19.8. The minimum Gasteiger partial charge on any atom is -0.352 e. The van der Waals surface area contributed by atoms with Gasteiger partial charge in [-0.25, -0.2) is 9.98 Å². The van der Waals surface area contributed by atoms with Gasteiger partial charge in [-0.15, -0.1) is 11.3 Å². The van der Waals surface area contributed by atoms with Gasteiger partial charge in [0.25, 0.3) is 0 Å². The van der Waals surface area contributed by atoms with E-state index < -0.39 is 0 Å². The first-order valence-corrected chi connectivity index (χ1v) is 13.1. The van der Waals surface area contributed by atoms with Crippen molar-refractivity contribution in [3.63, 3.8) is 0 Å². The number of nitrogens with one attached hydrogen (secondary N) is 2. The van der Waals surface area contributed by atoms with Crippen molar-refractivity contribution >= 4 is 33.5 Å². The highest BCUT2D eigenvalue weighted by Gasteiger charge is 2.31. The van der Waals surface area contributed by atoms with Gasteiger partial charge < -0.3 is 15.5 Å². The number of nitrogens with zero attached hydrogens (tertiary/aromatic N) is 3. The van der Waals surface area contributed by atoms with E-state index in [1.54, 1.807) is 0 Å². The maximum Gasteiger partial charge on any atom is 0.158 e. The van der Waals surface area contributed by atoms with Crippen molar-refractivity contribution in [1.29, 1.82) is 0 Å². The molecule has 0 spiro atoms. The van der Waals surface area contributed by atoms with Gasteiger partial charge in [0.15, 0.2) is 5.84 Å². The van der Waals surface area contributed by atoms with E-state index in [1.165, 1.54) is 36.3 Å². The smallest absolute Gasteiger partial charge is 0.158 e. The second-order valence-electron chi connectivity index (χ2n) is 9.41. The highest BCUT2D eigenvalue weighted by atomic mass is 32.1. The number of thiazole rings is 1. The van der Waals surface area contributed by atoms with Crippen LogP contribution in [-0.2, 0) is 6.42 Å². The van der Waals surface area contributed by atoms with Crippen molar-refractivity contribution in [1.82, 2.24) is 15.2 Å². The molecule has 2 fully saturated rings. The molecule has 0 amide bonds. The van der Waals surface area contributed by atoms with Crippen LogP contribution in [0.25, 0.3) is 0 Å². The molecule has 5 nitrogen and oxygen atoms in total. The lowest BCUT2D eigenvalue weighted by atomic mass is 10.0. The van der Waals surface area contributed by atoms with Gasteiger partial charge in [-0.1, -0.05) is 55.3 Å². The van der Waals surface area contributed by atoms with Crippen LogP contribution in [0.15, 0.2) is 59.6 Å². The molecule has 2 aromatic carbocycles. The molecule has 33 heavy (non-hydrogen) atoms. The SMILES string of the molecule is c1ccc(CCC2CN(C3=Nc4ccccc4Nc4sc(C5CCCC5)nc43)CCN2)cc1. The molecule has 0 radical (unpaired) electrons. The summed E-state index contributed by atoms with van der Waals surface area (Å²) >= 11 is 1.84. The van der Waals surface area contributed by atoms with E-state index in [2.05, 4.69) is 70.1 Å². The number of hydrogen-bond acceptors (Lipinski definition) is 6. The Balaban J connectivity index is 1.29. The first kappa shape index (κ1) is 20.9. The van der Waals surface area contributed by atoms with Crippen LogP contribution >= 0.6 is 11.3 Å². The molecule has 170 valence electrons. The van der Waals surface area contributed by atoms with Crippen molar-refractivity contribution in [2.75, 3.05) is 25.0 Å². The van der Waals surface area contributed by atoms with Crippen LogP contribution in [0.2, 0.25) is 0 Å². The molecule has 1 aromatic heterocycles. The third kappa shape index (κ3) is 4.42. The number of amidine groups is 1. The first-order chi connectivity index (χ1) is 16.3. The number of aryl methyl sites for hydroxylation is 1. The molecule has 3 aliphatic rings. The zero-order valence-electron chi connectivity index (χ0n) is 19.0. The summed E-state index contributed by atoms with van der Waals surface area (Å²) in [6, 6.07) is 19.6. The maximum atomic E-state index is 5.21. The molecule has 2 aliphatic heterocycles. The summed E-state index contributed by atoms with van der Waals surface area (Å²) in [6.07, 6.45) is 7.41. The normalized spacial score (nSPS) is 20.5. The molecule has 6 rings (SSSR count). The fourth-order valence-corrected chi connectivity index (χ4v) is 6.45. The lowest BCUT2D eigenvalue weighted by Gasteiger charge is -2.35. The molecule has 1 unspecified atom stereocenters. The Morgan fingerprint density at radius 3 is 2.70 bits per heavy atom. The molecule has 1 atom stereocenters. The Morgan fingerprint density at radius 2 is 1.82 bits per heavy atom. The average Bonchev–Trinajstić information content (AvgIpc) is 3.51. The van der Waals surface area contributed by atoms with Gasteiger partial charge in [-0.05, 0) is 43.4 Å². The number of aliphatic imine (C=N–C) groups is 1. The topological polar surface area (TPSA) is 52.5 Å². The van der Waals surface area contributed by atoms with E-state index in [9.17, 15) is 0 Å². The summed E-state index contributed by atoms with van der Waals surface area (Å²) in [7, 11) is 0. The maximum absolute atomic E-state index is 5.21. The number of piperazine rings is 1. The lowest BCUT2D eigenvalue weighted by Crippen LogP contribution is -2.53. The molecule has 1 aliphatic carbocycles. The quantitative estimate of drug-likeness (QED) is 0.517. The second-order valence-corrected chi connectivity index (χ2v) is 10.4. The Bertz CT molecular complexity index is 1130. The van der Waals surface area contributed by atoms with Gasteiger partial charge in [0.2, 0.25) is 0 Å². The molecule has 6 heteroatoms. The lowest BCUT2D eigenvalue weighted by molar-refractivity contribution is 0.282. The Hall–Kier alpha value is -2.70. The summed E-state index contributed by atoms with van der Waals surface area (Å²) in [6.45, 7) is 2.89. The van der Waals surface area contributed by atoms with Gasteiger partial charge in [-0.2, -0.15) is 0 Å². The summed E-state index contributed by atoms with van der Waals surface area (Å²) in [5, 5.41) is 9.85. The fraction of sp³-hybridized carbons (Fsp3) is 0.407. The Labute approximate surface area is 200 Å². The second kappa shape index (κ2) is 9.27. The third-order valence-electron chi connectivity index (χ3n) is 7.12. The van der Waals surface area contributed by atoms with Crippen molar-refractivity contribution < 1.29 is 0 Å². The monoisotopic (exact) mass is 457 g/mol. The van der Waals surface area contributed by atoms with Crippen molar-refractivity contribution in [3.8, 4) is 0 Å². The van der Waals surface area contributed by atoms with Crippen LogP contribution in [0.4, 0.5) is 16.4 Å². The first-order valence-electron chi connectivity index (χ1n) is 12.3. The summed E-state index contributed by atoms with van der Waals surface area (Å²) in [5.74, 6) is 1.65. The Kier molecular flexibility index (Phi) is 5.87. The molecule has 1 saturated heterocycles. The molecule has 1 saturated carbocycles. The van der Waals surface area contributed by atoms with Crippen LogP contribution in [0.1, 0.15) is 54.3 Å². The van der Waals surface area contributed by atoms with Crippen molar-refractivity contribution in [3.05, 3.63) is 70.9 Å². The molecule has 0 bridgehead atoms. The van der Waals surface area contributed by atoms with E-state index in [0.717, 1.165) is 60.4 Å². The number of aromatic nitrogens is 1. The van der Waals surface area contributed by atoms with E-state index in [0.29, 0.717) is 12.0 Å². The minimum atomic E-state index is 0.449. The predicted molar refractivity (Wildman–Crippen MR) is 137 cm³/mol. The van der Waals surface area contributed by atoms with Gasteiger partial charge in [-0.3, -0.25) is 0 Å². The average molecular weight is 458 g/mol. The van der Waals surface area contributed by atoms with Crippen LogP contribution in [-0.4, -0.2) is 41.4 Å². The zero-order chi connectivity index (χ0) is 22.0. The van der Waals surface area contributed by atoms with Crippen LogP contribution in [0, 0.1) is 0 Å². The van der Waals surface area contributed by atoms with Gasteiger partial charge in [0.1, 0.15) is 10.7 Å². The number of hydrogen-bond donors (Lipinski definition) is 2. The number of anilines is 2. The highest BCUT2D eigenvalue weighted by Crippen LogP contribution is 2.43. The number of benzene rings is 2. The largest absolute Gasteiger partial charge is 0.352 e. The van der Waals surface area contributed by atoms with Gasteiger partial charge in [0.05, 0.1) is 16.4 Å². The van der Waals surface area contributed by atoms with Crippen molar-refractivity contribution in [2.45, 2.75) is 50.5 Å². The highest BCUT2D eigenvalue weighted by molar-refractivity contribution is 7.16. The van der Waals surface area contributed by atoms with Crippen molar-refractivity contribution in [2.24, 2.45) is 4.99 Å². The minimum absolute atomic E-state index is 0.449. The van der Waals surface area contributed by atoms with Gasteiger partial charge >= 0.3 is 0 Å². The molecule has 3 heterocycles. The predicted octanol–water partition coefficient (Wildman–Crippen LogP) is 5.84. The molecule has 2 N–H and O–H groups in total. The summed E-state index contributed by atoms with van der Waals surface area (Å²) in [4.78, 5) is 12.9. The van der Waals surface area contributed by atoms with E-state index >= 15 is 0 Å². The molecular weight excluding hydrogens is 426 g/mol. The molecular formula is C27H31N5S. The van der Waals surface area contributed by atoms with Crippen LogP contribution < -0.4 is 10.6 Å².